The summed E-state index contributed by atoms with van der Waals surface area (Å²) in [7, 11) is 0. The van der Waals surface area contributed by atoms with Crippen LogP contribution in [0.2, 0.25) is 0 Å². The summed E-state index contributed by atoms with van der Waals surface area (Å²) in [6, 6.07) is 9.71. The predicted octanol–water partition coefficient (Wildman–Crippen LogP) is 4.19. The number of carbonyl (C=O) groups is 1. The number of halogens is 1. The number of carbonyl (C=O) groups excluding carboxylic acids is 1. The molecule has 0 bridgehead atoms. The molecule has 2 nitrogen and oxygen atoms in total. The van der Waals surface area contributed by atoms with Crippen LogP contribution in [-0.4, -0.2) is 29.8 Å². The maximum atomic E-state index is 12.6. The standard InChI is InChI=1S/C16H25NO.ClH/c1-4-7-13-15(17(5-2)6-3)16(18)14-11-9-8-10-12-14;/h8-12,15H,4-7,13H2,1-3H3;1H. The van der Waals surface area contributed by atoms with E-state index in [0.29, 0.717) is 0 Å². The van der Waals surface area contributed by atoms with Crippen molar-refractivity contribution in [2.45, 2.75) is 46.1 Å². The summed E-state index contributed by atoms with van der Waals surface area (Å²) in [6.07, 6.45) is 3.21. The molecule has 0 aliphatic heterocycles. The third-order valence-corrected chi connectivity index (χ3v) is 3.45. The van der Waals surface area contributed by atoms with Gasteiger partial charge in [0.05, 0.1) is 6.04 Å². The van der Waals surface area contributed by atoms with E-state index in [1.165, 1.54) is 0 Å². The molecule has 0 fully saturated rings. The number of ketones is 1. The van der Waals surface area contributed by atoms with Crippen molar-refractivity contribution < 1.29 is 4.79 Å². The average molecular weight is 284 g/mol. The largest absolute Gasteiger partial charge is 0.294 e. The van der Waals surface area contributed by atoms with E-state index >= 15 is 0 Å². The molecule has 0 N–H and O–H groups in total. The normalized spacial score (nSPS) is 12.0. The molecular formula is C16H26ClNO. The Morgan fingerprint density at radius 1 is 1.11 bits per heavy atom. The van der Waals surface area contributed by atoms with Gasteiger partial charge in [0.25, 0.3) is 0 Å². The molecule has 0 radical (unpaired) electrons. The van der Waals surface area contributed by atoms with Gasteiger partial charge in [0.2, 0.25) is 0 Å². The Kier molecular flexibility index (Phi) is 9.54. The minimum Gasteiger partial charge on any atom is -0.294 e. The Balaban J connectivity index is 0.00000324. The highest BCUT2D eigenvalue weighted by Gasteiger charge is 2.23. The van der Waals surface area contributed by atoms with Gasteiger partial charge >= 0.3 is 0 Å². The summed E-state index contributed by atoms with van der Waals surface area (Å²) in [5, 5.41) is 0. The number of unbranched alkanes of at least 4 members (excludes halogenated alkanes) is 1. The van der Waals surface area contributed by atoms with Crippen LogP contribution in [0.1, 0.15) is 50.4 Å². The van der Waals surface area contributed by atoms with Gasteiger partial charge in [0.1, 0.15) is 0 Å². The molecule has 0 amide bonds. The fourth-order valence-electron chi connectivity index (χ4n) is 2.34. The first kappa shape index (κ1) is 18.1. The van der Waals surface area contributed by atoms with Crippen LogP contribution in [0.15, 0.2) is 30.3 Å². The zero-order chi connectivity index (χ0) is 13.4. The molecule has 19 heavy (non-hydrogen) atoms. The van der Waals surface area contributed by atoms with Crippen LogP contribution in [0.25, 0.3) is 0 Å². The molecule has 1 atom stereocenters. The maximum Gasteiger partial charge on any atom is 0.179 e. The predicted molar refractivity (Wildman–Crippen MR) is 84.3 cm³/mol. The van der Waals surface area contributed by atoms with Crippen LogP contribution in [0.4, 0.5) is 0 Å². The zero-order valence-corrected chi connectivity index (χ0v) is 13.1. The van der Waals surface area contributed by atoms with Gasteiger partial charge in [0.15, 0.2) is 5.78 Å². The number of benzene rings is 1. The van der Waals surface area contributed by atoms with Crippen LogP contribution in [0.5, 0.6) is 0 Å². The monoisotopic (exact) mass is 283 g/mol. The lowest BCUT2D eigenvalue weighted by Crippen LogP contribution is -2.41. The molecule has 0 saturated carbocycles. The van der Waals surface area contributed by atoms with Gasteiger partial charge in [0, 0.05) is 5.56 Å². The molecule has 3 heteroatoms. The van der Waals surface area contributed by atoms with Crippen molar-refractivity contribution in [3.8, 4) is 0 Å². The highest BCUT2D eigenvalue weighted by molar-refractivity contribution is 6.00. The minimum absolute atomic E-state index is 0. The van der Waals surface area contributed by atoms with Crippen molar-refractivity contribution >= 4 is 18.2 Å². The Labute approximate surface area is 123 Å². The first-order chi connectivity index (χ1) is 8.74. The minimum atomic E-state index is 0. The Morgan fingerprint density at radius 2 is 1.68 bits per heavy atom. The van der Waals surface area contributed by atoms with E-state index in [1.807, 2.05) is 30.3 Å². The summed E-state index contributed by atoms with van der Waals surface area (Å²) in [4.78, 5) is 14.8. The molecule has 0 saturated heterocycles. The van der Waals surface area contributed by atoms with Crippen LogP contribution >= 0.6 is 12.4 Å². The summed E-state index contributed by atoms with van der Waals surface area (Å²) in [5.41, 5.74) is 0.838. The van der Waals surface area contributed by atoms with E-state index in [4.69, 9.17) is 0 Å². The Morgan fingerprint density at radius 3 is 2.16 bits per heavy atom. The Hall–Kier alpha value is -0.860. The fourth-order valence-corrected chi connectivity index (χ4v) is 2.34. The van der Waals surface area contributed by atoms with E-state index in [0.717, 1.165) is 37.9 Å². The van der Waals surface area contributed by atoms with Crippen molar-refractivity contribution in [1.82, 2.24) is 4.90 Å². The van der Waals surface area contributed by atoms with Crippen molar-refractivity contribution in [2.24, 2.45) is 0 Å². The van der Waals surface area contributed by atoms with Gasteiger partial charge in [-0.2, -0.15) is 0 Å². The van der Waals surface area contributed by atoms with Crippen molar-refractivity contribution in [3.63, 3.8) is 0 Å². The molecule has 1 unspecified atom stereocenters. The first-order valence-corrected chi connectivity index (χ1v) is 7.07. The summed E-state index contributed by atoms with van der Waals surface area (Å²) in [6.45, 7) is 8.29. The van der Waals surface area contributed by atoms with Gasteiger partial charge in [-0.25, -0.2) is 0 Å². The Bertz CT molecular complexity index is 349. The van der Waals surface area contributed by atoms with Gasteiger partial charge < -0.3 is 0 Å². The average Bonchev–Trinajstić information content (AvgIpc) is 2.43. The molecule has 0 aliphatic carbocycles. The van der Waals surface area contributed by atoms with Crippen LogP contribution in [0, 0.1) is 0 Å². The number of Topliss-reactive ketones (excluding diaryl/α,β-unsaturated/α-hetero) is 1. The zero-order valence-electron chi connectivity index (χ0n) is 12.3. The third kappa shape index (κ3) is 5.33. The van der Waals surface area contributed by atoms with E-state index < -0.39 is 0 Å². The van der Waals surface area contributed by atoms with Crippen molar-refractivity contribution in [3.05, 3.63) is 35.9 Å². The van der Waals surface area contributed by atoms with Crippen molar-refractivity contribution in [2.75, 3.05) is 13.1 Å². The fraction of sp³-hybridized carbons (Fsp3) is 0.562. The molecule has 108 valence electrons. The molecule has 1 rings (SSSR count). The van der Waals surface area contributed by atoms with E-state index in [1.54, 1.807) is 0 Å². The van der Waals surface area contributed by atoms with Gasteiger partial charge in [-0.15, -0.1) is 12.4 Å². The SMILES string of the molecule is CCCCC(C(=O)c1ccccc1)N(CC)CC.Cl. The molecule has 1 aromatic rings. The molecule has 0 heterocycles. The van der Waals surface area contributed by atoms with Crippen LogP contribution in [0.3, 0.4) is 0 Å². The van der Waals surface area contributed by atoms with Gasteiger partial charge in [-0.3, -0.25) is 9.69 Å². The second-order valence-corrected chi connectivity index (χ2v) is 4.61. The molecule has 1 aromatic carbocycles. The molecule has 0 aliphatic rings. The lowest BCUT2D eigenvalue weighted by Gasteiger charge is -2.28. The quantitative estimate of drug-likeness (QED) is 0.667. The van der Waals surface area contributed by atoms with Gasteiger partial charge in [-0.1, -0.05) is 63.9 Å². The third-order valence-electron chi connectivity index (χ3n) is 3.45. The van der Waals surface area contributed by atoms with Crippen LogP contribution in [-0.2, 0) is 0 Å². The van der Waals surface area contributed by atoms with E-state index in [9.17, 15) is 4.79 Å². The number of likely N-dealkylation sites (N-methyl/N-ethyl adjacent to an activating group) is 1. The number of hydrogen-bond donors (Lipinski definition) is 0. The smallest absolute Gasteiger partial charge is 0.179 e. The van der Waals surface area contributed by atoms with E-state index in [2.05, 4.69) is 25.7 Å². The summed E-state index contributed by atoms with van der Waals surface area (Å²) in [5.74, 6) is 0.271. The maximum absolute atomic E-state index is 12.6. The summed E-state index contributed by atoms with van der Waals surface area (Å²) < 4.78 is 0. The molecular weight excluding hydrogens is 258 g/mol. The topological polar surface area (TPSA) is 20.3 Å². The van der Waals surface area contributed by atoms with Gasteiger partial charge in [-0.05, 0) is 19.5 Å². The van der Waals surface area contributed by atoms with Crippen molar-refractivity contribution in [1.29, 1.82) is 0 Å². The lowest BCUT2D eigenvalue weighted by atomic mass is 9.98. The number of hydrogen-bond acceptors (Lipinski definition) is 2. The highest BCUT2D eigenvalue weighted by atomic mass is 35.5. The van der Waals surface area contributed by atoms with E-state index in [-0.39, 0.29) is 24.2 Å². The summed E-state index contributed by atoms with van der Waals surface area (Å²) >= 11 is 0. The molecule has 0 aromatic heterocycles. The number of rotatable bonds is 8. The number of nitrogens with zero attached hydrogens (tertiary/aromatic N) is 1. The van der Waals surface area contributed by atoms with Crippen LogP contribution < -0.4 is 0 Å². The first-order valence-electron chi connectivity index (χ1n) is 7.07. The second-order valence-electron chi connectivity index (χ2n) is 4.61. The highest BCUT2D eigenvalue weighted by Crippen LogP contribution is 2.15. The molecule has 0 spiro atoms. The lowest BCUT2D eigenvalue weighted by molar-refractivity contribution is 0.0816. The second kappa shape index (κ2) is 9.99.